The minimum Gasteiger partial charge on any atom is -0.309 e. The summed E-state index contributed by atoms with van der Waals surface area (Å²) in [7, 11) is 1.98. The summed E-state index contributed by atoms with van der Waals surface area (Å²) in [6.45, 7) is 1.95. The molecule has 128 valence electrons. The van der Waals surface area contributed by atoms with Gasteiger partial charge in [0.1, 0.15) is 5.82 Å². The predicted octanol–water partition coefficient (Wildman–Crippen LogP) is 2.27. The molecule has 6 heteroatoms. The molecule has 2 aromatic heterocycles. The molecular formula is C19H22N6. The van der Waals surface area contributed by atoms with Gasteiger partial charge in [-0.1, -0.05) is 30.3 Å². The van der Waals surface area contributed by atoms with Crippen molar-refractivity contribution in [1.29, 1.82) is 0 Å². The van der Waals surface area contributed by atoms with Crippen LogP contribution in [0.2, 0.25) is 0 Å². The van der Waals surface area contributed by atoms with E-state index >= 15 is 0 Å². The number of benzene rings is 1. The molecule has 0 unspecified atom stereocenters. The van der Waals surface area contributed by atoms with Crippen molar-refractivity contribution in [2.45, 2.75) is 44.4 Å². The summed E-state index contributed by atoms with van der Waals surface area (Å²) in [5.41, 5.74) is 2.44. The van der Waals surface area contributed by atoms with Gasteiger partial charge in [0.25, 0.3) is 0 Å². The summed E-state index contributed by atoms with van der Waals surface area (Å²) >= 11 is 0. The number of aryl methyl sites for hydroxylation is 1. The first-order valence-corrected chi connectivity index (χ1v) is 8.99. The van der Waals surface area contributed by atoms with E-state index in [4.69, 9.17) is 0 Å². The van der Waals surface area contributed by atoms with Gasteiger partial charge < -0.3 is 4.57 Å². The van der Waals surface area contributed by atoms with Gasteiger partial charge in [-0.05, 0) is 12.8 Å². The molecule has 0 amide bonds. The zero-order valence-corrected chi connectivity index (χ0v) is 14.4. The second-order valence-corrected chi connectivity index (χ2v) is 7.20. The molecule has 6 nitrogen and oxygen atoms in total. The van der Waals surface area contributed by atoms with Crippen LogP contribution in [0, 0.1) is 0 Å². The van der Waals surface area contributed by atoms with E-state index in [1.807, 2.05) is 24.0 Å². The SMILES string of the molecule is Cn1cc(CN2[C@@H]3CC[C@H]2Cc2nnc(-c4ccccc4)n2C3)cn1. The maximum absolute atomic E-state index is 4.53. The molecule has 1 aromatic carbocycles. The Morgan fingerprint density at radius 1 is 1.08 bits per heavy atom. The van der Waals surface area contributed by atoms with E-state index in [1.54, 1.807) is 0 Å². The van der Waals surface area contributed by atoms with E-state index in [9.17, 15) is 0 Å². The zero-order valence-electron chi connectivity index (χ0n) is 14.4. The topological polar surface area (TPSA) is 51.8 Å². The highest BCUT2D eigenvalue weighted by molar-refractivity contribution is 5.55. The molecular weight excluding hydrogens is 312 g/mol. The molecule has 1 fully saturated rings. The van der Waals surface area contributed by atoms with Crippen LogP contribution in [0.4, 0.5) is 0 Å². The van der Waals surface area contributed by atoms with Gasteiger partial charge in [0, 0.05) is 56.0 Å². The first-order chi connectivity index (χ1) is 12.3. The maximum atomic E-state index is 4.53. The largest absolute Gasteiger partial charge is 0.309 e. The molecule has 1 saturated heterocycles. The first kappa shape index (κ1) is 14.8. The molecule has 2 atom stereocenters. The standard InChI is InChI=1S/C19H22N6/c1-23-11-14(10-20-23)12-24-16-7-8-17(24)13-25-18(9-16)21-22-19(25)15-5-3-2-4-6-15/h2-6,10-11,16-17H,7-9,12-13H2,1H3/t16-,17+/m0/s1. The van der Waals surface area contributed by atoms with Crippen molar-refractivity contribution in [2.75, 3.05) is 0 Å². The number of aromatic nitrogens is 5. The van der Waals surface area contributed by atoms with Gasteiger partial charge in [0.05, 0.1) is 6.20 Å². The summed E-state index contributed by atoms with van der Waals surface area (Å²) in [5, 5.41) is 13.3. The van der Waals surface area contributed by atoms with Gasteiger partial charge in [-0.25, -0.2) is 0 Å². The smallest absolute Gasteiger partial charge is 0.164 e. The van der Waals surface area contributed by atoms with Crippen LogP contribution in [0.1, 0.15) is 24.2 Å². The average molecular weight is 334 g/mol. The van der Waals surface area contributed by atoms with Crippen LogP contribution in [-0.4, -0.2) is 41.5 Å². The normalized spacial score (nSPS) is 22.8. The van der Waals surface area contributed by atoms with Gasteiger partial charge in [-0.15, -0.1) is 10.2 Å². The number of hydrogen-bond donors (Lipinski definition) is 0. The van der Waals surface area contributed by atoms with Gasteiger partial charge in [-0.3, -0.25) is 9.58 Å². The molecule has 0 N–H and O–H groups in total. The van der Waals surface area contributed by atoms with Gasteiger partial charge in [0.15, 0.2) is 5.82 Å². The highest BCUT2D eigenvalue weighted by Crippen LogP contribution is 2.34. The van der Waals surface area contributed by atoms with E-state index < -0.39 is 0 Å². The first-order valence-electron chi connectivity index (χ1n) is 8.99. The van der Waals surface area contributed by atoms with E-state index in [2.05, 4.69) is 55.2 Å². The molecule has 2 bridgehead atoms. The van der Waals surface area contributed by atoms with Gasteiger partial charge in [0.2, 0.25) is 0 Å². The highest BCUT2D eigenvalue weighted by Gasteiger charge is 2.38. The minimum atomic E-state index is 0.546. The van der Waals surface area contributed by atoms with Crippen LogP contribution in [0.3, 0.4) is 0 Å². The van der Waals surface area contributed by atoms with Gasteiger partial charge >= 0.3 is 0 Å². The lowest BCUT2D eigenvalue weighted by Crippen LogP contribution is -2.36. The van der Waals surface area contributed by atoms with E-state index in [1.165, 1.54) is 18.4 Å². The Balaban J connectivity index is 1.46. The lowest BCUT2D eigenvalue weighted by molar-refractivity contribution is 0.180. The monoisotopic (exact) mass is 334 g/mol. The molecule has 0 saturated carbocycles. The summed E-state index contributed by atoms with van der Waals surface area (Å²) < 4.78 is 4.23. The van der Waals surface area contributed by atoms with Crippen LogP contribution in [-0.2, 0) is 26.6 Å². The summed E-state index contributed by atoms with van der Waals surface area (Å²) in [6.07, 6.45) is 7.59. The van der Waals surface area contributed by atoms with Crippen molar-refractivity contribution in [1.82, 2.24) is 29.4 Å². The molecule has 4 heterocycles. The Kier molecular flexibility index (Phi) is 3.45. The van der Waals surface area contributed by atoms with Crippen molar-refractivity contribution < 1.29 is 0 Å². The fraction of sp³-hybridized carbons (Fsp3) is 0.421. The summed E-state index contributed by atoms with van der Waals surface area (Å²) in [6, 6.07) is 11.5. The van der Waals surface area contributed by atoms with Gasteiger partial charge in [-0.2, -0.15) is 5.10 Å². The molecule has 2 aliphatic heterocycles. The van der Waals surface area contributed by atoms with Crippen LogP contribution in [0.25, 0.3) is 11.4 Å². The fourth-order valence-corrected chi connectivity index (χ4v) is 4.35. The third-order valence-corrected chi connectivity index (χ3v) is 5.57. The quantitative estimate of drug-likeness (QED) is 0.737. The molecule has 0 aliphatic carbocycles. The lowest BCUT2D eigenvalue weighted by Gasteiger charge is -2.27. The van der Waals surface area contributed by atoms with Crippen LogP contribution in [0.5, 0.6) is 0 Å². The molecule has 2 aliphatic rings. The van der Waals surface area contributed by atoms with Crippen molar-refractivity contribution in [3.8, 4) is 11.4 Å². The number of rotatable bonds is 3. The molecule has 5 rings (SSSR count). The van der Waals surface area contributed by atoms with E-state index in [0.29, 0.717) is 12.1 Å². The Hall–Kier alpha value is -2.47. The average Bonchev–Trinajstić information content (AvgIpc) is 3.28. The lowest BCUT2D eigenvalue weighted by atomic mass is 10.1. The van der Waals surface area contributed by atoms with Crippen LogP contribution in [0.15, 0.2) is 42.7 Å². The fourth-order valence-electron chi connectivity index (χ4n) is 4.35. The Labute approximate surface area is 147 Å². The Morgan fingerprint density at radius 2 is 1.92 bits per heavy atom. The maximum Gasteiger partial charge on any atom is 0.164 e. The molecule has 25 heavy (non-hydrogen) atoms. The van der Waals surface area contributed by atoms with Crippen molar-refractivity contribution in [2.24, 2.45) is 7.05 Å². The second-order valence-electron chi connectivity index (χ2n) is 7.20. The number of nitrogens with zero attached hydrogens (tertiary/aromatic N) is 6. The number of fused-ring (bicyclic) bond motifs is 3. The van der Waals surface area contributed by atoms with Crippen molar-refractivity contribution >= 4 is 0 Å². The van der Waals surface area contributed by atoms with Crippen molar-refractivity contribution in [3.05, 3.63) is 54.1 Å². The predicted molar refractivity (Wildman–Crippen MR) is 94.7 cm³/mol. The molecule has 0 radical (unpaired) electrons. The Morgan fingerprint density at radius 3 is 2.72 bits per heavy atom. The molecule has 3 aromatic rings. The van der Waals surface area contributed by atoms with E-state index in [0.717, 1.165) is 36.7 Å². The third-order valence-electron chi connectivity index (χ3n) is 5.57. The second kappa shape index (κ2) is 5.81. The van der Waals surface area contributed by atoms with E-state index in [-0.39, 0.29) is 0 Å². The van der Waals surface area contributed by atoms with Crippen LogP contribution >= 0.6 is 0 Å². The molecule has 0 spiro atoms. The van der Waals surface area contributed by atoms with Crippen LogP contribution < -0.4 is 0 Å². The minimum absolute atomic E-state index is 0.546. The third kappa shape index (κ3) is 2.57. The summed E-state index contributed by atoms with van der Waals surface area (Å²) in [4.78, 5) is 2.65. The summed E-state index contributed by atoms with van der Waals surface area (Å²) in [5.74, 6) is 2.13. The Bertz CT molecular complexity index is 880. The zero-order chi connectivity index (χ0) is 16.8. The number of hydrogen-bond acceptors (Lipinski definition) is 4. The van der Waals surface area contributed by atoms with Crippen molar-refractivity contribution in [3.63, 3.8) is 0 Å². The highest BCUT2D eigenvalue weighted by atomic mass is 15.3.